The molecule has 1 aliphatic rings. The van der Waals surface area contributed by atoms with Gasteiger partial charge in [-0.25, -0.2) is 0 Å². The molecule has 0 aliphatic heterocycles. The van der Waals surface area contributed by atoms with E-state index in [-0.39, 0.29) is 0 Å². The molecule has 0 heterocycles. The predicted molar refractivity (Wildman–Crippen MR) is 60.4 cm³/mol. The lowest BCUT2D eigenvalue weighted by Crippen LogP contribution is -1.95. The van der Waals surface area contributed by atoms with E-state index in [4.69, 9.17) is 5.73 Å². The monoisotopic (exact) mass is 179 g/mol. The molecule has 1 rings (SSSR count). The van der Waals surface area contributed by atoms with Gasteiger partial charge in [0.1, 0.15) is 0 Å². The Morgan fingerprint density at radius 3 is 2.54 bits per heavy atom. The Morgan fingerprint density at radius 2 is 2.08 bits per heavy atom. The fourth-order valence-corrected chi connectivity index (χ4v) is 1.34. The van der Waals surface area contributed by atoms with Crippen LogP contribution in [0.5, 0.6) is 0 Å². The third-order valence-electron chi connectivity index (χ3n) is 2.11. The summed E-state index contributed by atoms with van der Waals surface area (Å²) in [6.07, 6.45) is 8.39. The maximum Gasteiger partial charge on any atom is -0.00265 e. The van der Waals surface area contributed by atoms with Gasteiger partial charge in [0.25, 0.3) is 0 Å². The molecule has 1 aliphatic carbocycles. The molecule has 1 nitrogen and oxygen atoms in total. The normalized spacial score (nSPS) is 16.8. The average Bonchev–Trinajstić information content (AvgIpc) is 2.20. The number of allylic oxidation sites excluding steroid dienone is 5. The molecule has 1 heteroatoms. The van der Waals surface area contributed by atoms with Gasteiger partial charge in [0, 0.05) is 0 Å². The largest absolute Gasteiger partial charge is 0.404 e. The minimum Gasteiger partial charge on any atom is -0.404 e. The molecule has 0 fully saturated rings. The van der Waals surface area contributed by atoms with Crippen molar-refractivity contribution in [3.05, 3.63) is 35.1 Å². The quantitative estimate of drug-likeness (QED) is 0.654. The van der Waals surface area contributed by atoms with Crippen molar-refractivity contribution in [2.24, 2.45) is 5.73 Å². The summed E-state index contributed by atoms with van der Waals surface area (Å²) in [6.45, 7) is 8.22. The topological polar surface area (TPSA) is 26.0 Å². The van der Waals surface area contributed by atoms with Crippen molar-refractivity contribution in [2.45, 2.75) is 40.5 Å². The van der Waals surface area contributed by atoms with Crippen molar-refractivity contribution in [1.82, 2.24) is 0 Å². The molecule has 0 saturated heterocycles. The zero-order chi connectivity index (χ0) is 10.3. The van der Waals surface area contributed by atoms with Crippen molar-refractivity contribution in [2.75, 3.05) is 0 Å². The second kappa shape index (κ2) is 6.53. The van der Waals surface area contributed by atoms with E-state index in [1.54, 1.807) is 6.20 Å². The Kier molecular flexibility index (Phi) is 6.03. The molecular weight excluding hydrogens is 158 g/mol. The minimum atomic E-state index is 1.17. The SMILES string of the molecule is CC.CC1=C(/C(C)=C\N)C=CCC1. The second-order valence-corrected chi connectivity index (χ2v) is 2.98. The smallest absolute Gasteiger partial charge is 0.00265 e. The van der Waals surface area contributed by atoms with Crippen LogP contribution in [0.2, 0.25) is 0 Å². The fraction of sp³-hybridized carbons (Fsp3) is 0.500. The van der Waals surface area contributed by atoms with Crippen molar-refractivity contribution < 1.29 is 0 Å². The van der Waals surface area contributed by atoms with Gasteiger partial charge in [-0.1, -0.05) is 31.6 Å². The number of nitrogens with two attached hydrogens (primary N) is 1. The first kappa shape index (κ1) is 12.0. The lowest BCUT2D eigenvalue weighted by atomic mass is 9.94. The maximum atomic E-state index is 5.44. The Balaban J connectivity index is 0.000000671. The Bertz CT molecular complexity index is 232. The zero-order valence-corrected chi connectivity index (χ0v) is 9.22. The van der Waals surface area contributed by atoms with Crippen molar-refractivity contribution in [3.63, 3.8) is 0 Å². The first-order chi connectivity index (χ1) is 6.25. The van der Waals surface area contributed by atoms with Gasteiger partial charge in [0.05, 0.1) is 0 Å². The molecule has 0 unspecified atom stereocenters. The first-order valence-electron chi connectivity index (χ1n) is 5.01. The molecule has 74 valence electrons. The standard InChI is InChI=1S/C10H15N.C2H6/c1-8-5-3-4-6-10(8)9(2)7-11;1-2/h4,6-7H,3,5,11H2,1-2H3;1-2H3/b9-7-;. The summed E-state index contributed by atoms with van der Waals surface area (Å²) in [6, 6.07) is 0. The highest BCUT2D eigenvalue weighted by Crippen LogP contribution is 2.23. The van der Waals surface area contributed by atoms with Crippen LogP contribution >= 0.6 is 0 Å². The Labute approximate surface area is 82.0 Å². The van der Waals surface area contributed by atoms with Crippen LogP contribution in [-0.2, 0) is 0 Å². The van der Waals surface area contributed by atoms with Crippen LogP contribution in [-0.4, -0.2) is 0 Å². The Morgan fingerprint density at radius 1 is 1.46 bits per heavy atom. The molecule has 13 heavy (non-hydrogen) atoms. The first-order valence-corrected chi connectivity index (χ1v) is 5.01. The molecule has 0 saturated carbocycles. The molecule has 2 N–H and O–H groups in total. The van der Waals surface area contributed by atoms with Gasteiger partial charge in [0.15, 0.2) is 0 Å². The molecule has 0 aromatic heterocycles. The van der Waals surface area contributed by atoms with Gasteiger partial charge in [-0.3, -0.25) is 0 Å². The van der Waals surface area contributed by atoms with Crippen LogP contribution in [0.15, 0.2) is 35.1 Å². The molecule has 0 atom stereocenters. The second-order valence-electron chi connectivity index (χ2n) is 2.98. The van der Waals surface area contributed by atoms with E-state index in [2.05, 4.69) is 26.0 Å². The van der Waals surface area contributed by atoms with E-state index in [1.807, 2.05) is 13.8 Å². The summed E-state index contributed by atoms with van der Waals surface area (Å²) in [5, 5.41) is 0. The highest BCUT2D eigenvalue weighted by Gasteiger charge is 2.04. The molecule has 0 amide bonds. The third-order valence-corrected chi connectivity index (χ3v) is 2.11. The molecule has 0 aromatic rings. The van der Waals surface area contributed by atoms with Crippen molar-refractivity contribution >= 4 is 0 Å². The van der Waals surface area contributed by atoms with Gasteiger partial charge >= 0.3 is 0 Å². The summed E-state index contributed by atoms with van der Waals surface area (Å²) >= 11 is 0. The summed E-state index contributed by atoms with van der Waals surface area (Å²) in [5.41, 5.74) is 9.38. The van der Waals surface area contributed by atoms with Gasteiger partial charge < -0.3 is 5.73 Å². The van der Waals surface area contributed by atoms with E-state index >= 15 is 0 Å². The lowest BCUT2D eigenvalue weighted by molar-refractivity contribution is 0.941. The van der Waals surface area contributed by atoms with Crippen molar-refractivity contribution in [3.8, 4) is 0 Å². The van der Waals surface area contributed by atoms with E-state index in [9.17, 15) is 0 Å². The van der Waals surface area contributed by atoms with E-state index in [0.29, 0.717) is 0 Å². The van der Waals surface area contributed by atoms with Crippen molar-refractivity contribution in [1.29, 1.82) is 0 Å². The van der Waals surface area contributed by atoms with Crippen LogP contribution in [0.1, 0.15) is 40.5 Å². The minimum absolute atomic E-state index is 1.17. The van der Waals surface area contributed by atoms with Gasteiger partial charge in [-0.05, 0) is 44.0 Å². The van der Waals surface area contributed by atoms with E-state index in [0.717, 1.165) is 0 Å². The van der Waals surface area contributed by atoms with E-state index in [1.165, 1.54) is 29.6 Å². The fourth-order valence-electron chi connectivity index (χ4n) is 1.34. The summed E-state index contributed by atoms with van der Waals surface area (Å²) < 4.78 is 0. The highest BCUT2D eigenvalue weighted by atomic mass is 14.5. The summed E-state index contributed by atoms with van der Waals surface area (Å²) in [4.78, 5) is 0. The van der Waals surface area contributed by atoms with Gasteiger partial charge in [0.2, 0.25) is 0 Å². The zero-order valence-electron chi connectivity index (χ0n) is 9.22. The van der Waals surface area contributed by atoms with Gasteiger partial charge in [-0.15, -0.1) is 0 Å². The van der Waals surface area contributed by atoms with Crippen LogP contribution in [0.4, 0.5) is 0 Å². The Hall–Kier alpha value is -0.980. The maximum absolute atomic E-state index is 5.44. The summed E-state index contributed by atoms with van der Waals surface area (Å²) in [7, 11) is 0. The van der Waals surface area contributed by atoms with Gasteiger partial charge in [-0.2, -0.15) is 0 Å². The average molecular weight is 179 g/mol. The number of rotatable bonds is 1. The van der Waals surface area contributed by atoms with Crippen LogP contribution in [0.25, 0.3) is 0 Å². The van der Waals surface area contributed by atoms with Crippen LogP contribution in [0.3, 0.4) is 0 Å². The number of hydrogen-bond acceptors (Lipinski definition) is 1. The molecule has 0 radical (unpaired) electrons. The predicted octanol–water partition coefficient (Wildman–Crippen LogP) is 3.54. The lowest BCUT2D eigenvalue weighted by Gasteiger charge is -2.12. The van der Waals surface area contributed by atoms with Crippen LogP contribution < -0.4 is 5.73 Å². The van der Waals surface area contributed by atoms with Crippen LogP contribution in [0, 0.1) is 0 Å². The molecular formula is C12H21N. The number of hydrogen-bond donors (Lipinski definition) is 1. The highest BCUT2D eigenvalue weighted by molar-refractivity contribution is 5.43. The molecule has 0 bridgehead atoms. The third kappa shape index (κ3) is 3.49. The van der Waals surface area contributed by atoms with E-state index < -0.39 is 0 Å². The summed E-state index contributed by atoms with van der Waals surface area (Å²) in [5.74, 6) is 0. The molecule has 0 spiro atoms. The molecule has 0 aromatic carbocycles.